The highest BCUT2D eigenvalue weighted by molar-refractivity contribution is 6.00. The quantitative estimate of drug-likeness (QED) is 0.793. The van der Waals surface area contributed by atoms with Gasteiger partial charge in [-0.1, -0.05) is 18.6 Å². The van der Waals surface area contributed by atoms with Crippen LogP contribution in [0, 0.1) is 11.7 Å². The van der Waals surface area contributed by atoms with Gasteiger partial charge in [0.15, 0.2) is 0 Å². The van der Waals surface area contributed by atoms with Crippen LogP contribution in [0.1, 0.15) is 39.0 Å². The molecule has 2 amide bonds. The number of piperidine rings is 1. The van der Waals surface area contributed by atoms with Crippen LogP contribution in [0.2, 0.25) is 0 Å². The number of halogens is 1. The maximum atomic E-state index is 13.9. The van der Waals surface area contributed by atoms with Crippen molar-refractivity contribution in [2.45, 2.75) is 45.1 Å². The zero-order chi connectivity index (χ0) is 18.5. The summed E-state index contributed by atoms with van der Waals surface area (Å²) in [5.74, 6) is -1.14. The van der Waals surface area contributed by atoms with Gasteiger partial charge in [0, 0.05) is 32.1 Å². The largest absolute Gasteiger partial charge is 0.356 e. The lowest BCUT2D eigenvalue weighted by Crippen LogP contribution is -2.40. The molecule has 0 aromatic heterocycles. The lowest BCUT2D eigenvalue weighted by atomic mass is 10.0. The maximum Gasteiger partial charge on any atom is 0.227 e. The van der Waals surface area contributed by atoms with E-state index < -0.39 is 11.7 Å². The molecular weight excluding hydrogens is 333 g/mol. The Balaban J connectivity index is 1.44. The molecular formula is C20H28FN3O2. The van der Waals surface area contributed by atoms with Gasteiger partial charge < -0.3 is 15.1 Å². The van der Waals surface area contributed by atoms with E-state index in [9.17, 15) is 14.0 Å². The Morgan fingerprint density at radius 3 is 2.88 bits per heavy atom. The number of nitrogens with one attached hydrogen (secondary N) is 1. The molecule has 1 aromatic carbocycles. The zero-order valence-corrected chi connectivity index (χ0v) is 15.4. The number of hydrogen-bond acceptors (Lipinski definition) is 3. The summed E-state index contributed by atoms with van der Waals surface area (Å²) in [6.07, 6.45) is 4.87. The average Bonchev–Trinajstić information content (AvgIpc) is 3.02. The molecule has 2 fully saturated rings. The first-order valence-corrected chi connectivity index (χ1v) is 9.63. The van der Waals surface area contributed by atoms with Crippen molar-refractivity contribution in [1.82, 2.24) is 10.2 Å². The standard InChI is InChI=1S/C20H28FN3O2/c1-15-7-4-5-11-23(15)12-6-10-22-20(26)16-13-19(25)24(14-16)18-9-3-2-8-17(18)21/h2-3,8-9,15-16H,4-7,10-14H2,1H3,(H,22,26)/t15-,16-/m1/s1. The Labute approximate surface area is 154 Å². The number of carbonyl (C=O) groups is 2. The van der Waals surface area contributed by atoms with Crippen LogP contribution in [0.5, 0.6) is 0 Å². The van der Waals surface area contributed by atoms with E-state index in [1.165, 1.54) is 30.2 Å². The highest BCUT2D eigenvalue weighted by Crippen LogP contribution is 2.27. The van der Waals surface area contributed by atoms with E-state index in [2.05, 4.69) is 17.1 Å². The molecule has 2 saturated heterocycles. The van der Waals surface area contributed by atoms with E-state index in [4.69, 9.17) is 0 Å². The number of para-hydroxylation sites is 1. The van der Waals surface area contributed by atoms with Gasteiger partial charge in [-0.2, -0.15) is 0 Å². The zero-order valence-electron chi connectivity index (χ0n) is 15.4. The molecule has 2 aliphatic rings. The van der Waals surface area contributed by atoms with Gasteiger partial charge in [0.1, 0.15) is 5.82 Å². The number of carbonyl (C=O) groups excluding carboxylic acids is 2. The summed E-state index contributed by atoms with van der Waals surface area (Å²) in [6.45, 7) is 5.26. The van der Waals surface area contributed by atoms with Crippen LogP contribution >= 0.6 is 0 Å². The Bertz CT molecular complexity index is 652. The van der Waals surface area contributed by atoms with Crippen LogP contribution in [-0.4, -0.2) is 48.9 Å². The summed E-state index contributed by atoms with van der Waals surface area (Å²) < 4.78 is 13.9. The normalized spacial score (nSPS) is 24.1. The second-order valence-electron chi connectivity index (χ2n) is 7.38. The molecule has 5 nitrogen and oxygen atoms in total. The second kappa shape index (κ2) is 8.62. The fraction of sp³-hybridized carbons (Fsp3) is 0.600. The molecule has 1 N–H and O–H groups in total. The molecule has 2 aliphatic heterocycles. The van der Waals surface area contributed by atoms with Crippen molar-refractivity contribution in [3.63, 3.8) is 0 Å². The summed E-state index contributed by atoms with van der Waals surface area (Å²) >= 11 is 0. The first kappa shape index (κ1) is 18.8. The predicted molar refractivity (Wildman–Crippen MR) is 99.4 cm³/mol. The van der Waals surface area contributed by atoms with Crippen LogP contribution in [0.15, 0.2) is 24.3 Å². The minimum atomic E-state index is -0.433. The van der Waals surface area contributed by atoms with Gasteiger partial charge in [0.05, 0.1) is 11.6 Å². The number of benzene rings is 1. The maximum absolute atomic E-state index is 13.9. The van der Waals surface area contributed by atoms with E-state index in [0.717, 1.165) is 19.5 Å². The average molecular weight is 361 g/mol. The van der Waals surface area contributed by atoms with E-state index in [-0.39, 0.29) is 30.5 Å². The molecule has 0 unspecified atom stereocenters. The third-order valence-corrected chi connectivity index (χ3v) is 5.50. The van der Waals surface area contributed by atoms with Gasteiger partial charge in [-0.05, 0) is 44.9 Å². The monoisotopic (exact) mass is 361 g/mol. The third-order valence-electron chi connectivity index (χ3n) is 5.50. The second-order valence-corrected chi connectivity index (χ2v) is 7.38. The van der Waals surface area contributed by atoms with Crippen molar-refractivity contribution in [3.05, 3.63) is 30.1 Å². The number of amides is 2. The van der Waals surface area contributed by atoms with Crippen LogP contribution < -0.4 is 10.2 Å². The molecule has 142 valence electrons. The SMILES string of the molecule is C[C@@H]1CCCCN1CCCNC(=O)[C@@H]1CC(=O)N(c2ccccc2F)C1. The molecule has 0 aliphatic carbocycles. The fourth-order valence-corrected chi connectivity index (χ4v) is 3.91. The summed E-state index contributed by atoms with van der Waals surface area (Å²) in [5.41, 5.74) is 0.256. The number of likely N-dealkylation sites (tertiary alicyclic amines) is 1. The fourth-order valence-electron chi connectivity index (χ4n) is 3.91. The van der Waals surface area contributed by atoms with Gasteiger partial charge in [-0.3, -0.25) is 9.59 Å². The van der Waals surface area contributed by atoms with E-state index in [1.54, 1.807) is 18.2 Å². The summed E-state index contributed by atoms with van der Waals surface area (Å²) in [7, 11) is 0. The summed E-state index contributed by atoms with van der Waals surface area (Å²) in [4.78, 5) is 28.4. The van der Waals surface area contributed by atoms with Crippen LogP contribution in [0.3, 0.4) is 0 Å². The third kappa shape index (κ3) is 4.41. The van der Waals surface area contributed by atoms with Crippen molar-refractivity contribution in [3.8, 4) is 0 Å². The highest BCUT2D eigenvalue weighted by Gasteiger charge is 2.35. The van der Waals surface area contributed by atoms with E-state index in [0.29, 0.717) is 12.6 Å². The van der Waals surface area contributed by atoms with Gasteiger partial charge in [-0.25, -0.2) is 4.39 Å². The lowest BCUT2D eigenvalue weighted by Gasteiger charge is -2.33. The number of rotatable bonds is 6. The van der Waals surface area contributed by atoms with Gasteiger partial charge >= 0.3 is 0 Å². The Hall–Kier alpha value is -1.95. The molecule has 0 saturated carbocycles. The smallest absolute Gasteiger partial charge is 0.227 e. The van der Waals surface area contributed by atoms with Crippen molar-refractivity contribution < 1.29 is 14.0 Å². The molecule has 0 spiro atoms. The minimum Gasteiger partial charge on any atom is -0.356 e. The first-order chi connectivity index (χ1) is 12.6. The lowest BCUT2D eigenvalue weighted by molar-refractivity contribution is -0.126. The number of anilines is 1. The predicted octanol–water partition coefficient (Wildman–Crippen LogP) is 2.56. The molecule has 1 aromatic rings. The van der Waals surface area contributed by atoms with Crippen LogP contribution in [-0.2, 0) is 9.59 Å². The Kier molecular flexibility index (Phi) is 6.25. The van der Waals surface area contributed by atoms with Gasteiger partial charge in [-0.15, -0.1) is 0 Å². The van der Waals surface area contributed by atoms with Crippen molar-refractivity contribution >= 4 is 17.5 Å². The van der Waals surface area contributed by atoms with Crippen molar-refractivity contribution in [2.75, 3.05) is 31.1 Å². The van der Waals surface area contributed by atoms with Crippen LogP contribution in [0.4, 0.5) is 10.1 Å². The van der Waals surface area contributed by atoms with Crippen LogP contribution in [0.25, 0.3) is 0 Å². The van der Waals surface area contributed by atoms with Gasteiger partial charge in [0.25, 0.3) is 0 Å². The molecule has 6 heteroatoms. The Morgan fingerprint density at radius 2 is 2.12 bits per heavy atom. The summed E-state index contributed by atoms with van der Waals surface area (Å²) in [5, 5.41) is 2.95. The van der Waals surface area contributed by atoms with Gasteiger partial charge in [0.2, 0.25) is 11.8 Å². The minimum absolute atomic E-state index is 0.108. The Morgan fingerprint density at radius 1 is 1.31 bits per heavy atom. The molecule has 0 bridgehead atoms. The molecule has 2 atom stereocenters. The molecule has 26 heavy (non-hydrogen) atoms. The number of nitrogens with zero attached hydrogens (tertiary/aromatic N) is 2. The summed E-state index contributed by atoms with van der Waals surface area (Å²) in [6, 6.07) is 6.82. The van der Waals surface area contributed by atoms with Crippen molar-refractivity contribution in [1.29, 1.82) is 0 Å². The number of hydrogen-bond donors (Lipinski definition) is 1. The molecule has 0 radical (unpaired) electrons. The van der Waals surface area contributed by atoms with E-state index in [1.807, 2.05) is 0 Å². The highest BCUT2D eigenvalue weighted by atomic mass is 19.1. The first-order valence-electron chi connectivity index (χ1n) is 9.63. The molecule has 2 heterocycles. The topological polar surface area (TPSA) is 52.7 Å². The molecule has 3 rings (SSSR count). The van der Waals surface area contributed by atoms with E-state index >= 15 is 0 Å². The van der Waals surface area contributed by atoms with Crippen molar-refractivity contribution in [2.24, 2.45) is 5.92 Å².